The smallest absolute Gasteiger partial charge is 0.0349 e. The lowest BCUT2D eigenvalue weighted by molar-refractivity contribution is 1.27. The van der Waals surface area contributed by atoms with E-state index in [4.69, 9.17) is 0 Å². The number of hydrogen-bond acceptors (Lipinski definition) is 1. The Bertz CT molecular complexity index is 486. The minimum absolute atomic E-state index is 1.23. The van der Waals surface area contributed by atoms with Gasteiger partial charge < -0.3 is 0 Å². The van der Waals surface area contributed by atoms with Gasteiger partial charge in [-0.1, -0.05) is 18.2 Å². The summed E-state index contributed by atoms with van der Waals surface area (Å²) in [5.74, 6) is 0. The van der Waals surface area contributed by atoms with Gasteiger partial charge in [0.05, 0.1) is 0 Å². The van der Waals surface area contributed by atoms with Crippen LogP contribution in [0.4, 0.5) is 0 Å². The van der Waals surface area contributed by atoms with Crippen molar-refractivity contribution in [1.82, 2.24) is 4.98 Å². The number of rotatable bonds is 1. The molecule has 0 spiro atoms. The van der Waals surface area contributed by atoms with Crippen molar-refractivity contribution in [3.05, 3.63) is 53.3 Å². The maximum atomic E-state index is 4.19. The first-order valence-electron chi connectivity index (χ1n) is 5.17. The van der Waals surface area contributed by atoms with Gasteiger partial charge in [0.2, 0.25) is 0 Å². The van der Waals surface area contributed by atoms with E-state index >= 15 is 0 Å². The number of benzene rings is 1. The van der Waals surface area contributed by atoms with Crippen molar-refractivity contribution in [2.45, 2.75) is 20.8 Å². The fourth-order valence-electron chi connectivity index (χ4n) is 1.79. The molecular formula is C14H15N. The summed E-state index contributed by atoms with van der Waals surface area (Å²) >= 11 is 0. The second kappa shape index (κ2) is 3.85. The largest absolute Gasteiger partial charge is 0.264 e. The summed E-state index contributed by atoms with van der Waals surface area (Å²) in [5.41, 5.74) is 6.47. The minimum Gasteiger partial charge on any atom is -0.264 e. The van der Waals surface area contributed by atoms with Gasteiger partial charge in [-0.2, -0.15) is 0 Å². The minimum atomic E-state index is 1.23. The molecule has 0 amide bonds. The third-order valence-electron chi connectivity index (χ3n) is 2.93. The van der Waals surface area contributed by atoms with Crippen molar-refractivity contribution in [2.75, 3.05) is 0 Å². The van der Waals surface area contributed by atoms with Crippen molar-refractivity contribution in [3.8, 4) is 11.1 Å². The molecule has 1 aromatic carbocycles. The predicted molar refractivity (Wildman–Crippen MR) is 63.9 cm³/mol. The van der Waals surface area contributed by atoms with Gasteiger partial charge >= 0.3 is 0 Å². The molecule has 15 heavy (non-hydrogen) atoms. The quantitative estimate of drug-likeness (QED) is 0.679. The molecule has 0 saturated carbocycles. The van der Waals surface area contributed by atoms with Gasteiger partial charge in [0, 0.05) is 18.0 Å². The maximum absolute atomic E-state index is 4.19. The Morgan fingerprint density at radius 3 is 2.40 bits per heavy atom. The molecule has 1 heterocycles. The van der Waals surface area contributed by atoms with Crippen LogP contribution in [0.3, 0.4) is 0 Å². The van der Waals surface area contributed by atoms with E-state index in [1.165, 1.54) is 27.8 Å². The Kier molecular flexibility index (Phi) is 2.55. The molecular weight excluding hydrogens is 182 g/mol. The normalized spacial score (nSPS) is 10.3. The number of nitrogens with zero attached hydrogens (tertiary/aromatic N) is 1. The van der Waals surface area contributed by atoms with E-state index in [0.29, 0.717) is 0 Å². The van der Waals surface area contributed by atoms with Crippen LogP contribution in [0.1, 0.15) is 16.7 Å². The van der Waals surface area contributed by atoms with Crippen molar-refractivity contribution >= 4 is 0 Å². The van der Waals surface area contributed by atoms with E-state index in [1.807, 2.05) is 12.4 Å². The monoisotopic (exact) mass is 197 g/mol. The second-order valence-electron chi connectivity index (χ2n) is 3.94. The predicted octanol–water partition coefficient (Wildman–Crippen LogP) is 3.67. The van der Waals surface area contributed by atoms with Crippen LogP contribution in [-0.4, -0.2) is 4.98 Å². The van der Waals surface area contributed by atoms with Crippen molar-refractivity contribution < 1.29 is 0 Å². The molecule has 0 aliphatic rings. The molecule has 1 heteroatoms. The van der Waals surface area contributed by atoms with Gasteiger partial charge in [-0.15, -0.1) is 0 Å². The number of hydrogen-bond donors (Lipinski definition) is 0. The Labute approximate surface area is 90.8 Å². The van der Waals surface area contributed by atoms with Crippen LogP contribution in [0.5, 0.6) is 0 Å². The van der Waals surface area contributed by atoms with Gasteiger partial charge in [0.25, 0.3) is 0 Å². The van der Waals surface area contributed by atoms with E-state index in [0.717, 1.165) is 0 Å². The van der Waals surface area contributed by atoms with Crippen LogP contribution in [-0.2, 0) is 0 Å². The molecule has 0 aliphatic carbocycles. The number of pyridine rings is 1. The molecule has 2 aromatic rings. The SMILES string of the molecule is Cc1ccncc1-c1cccc(C)c1C. The number of aromatic nitrogens is 1. The van der Waals surface area contributed by atoms with Crippen LogP contribution in [0.15, 0.2) is 36.7 Å². The first-order valence-corrected chi connectivity index (χ1v) is 5.17. The van der Waals surface area contributed by atoms with Gasteiger partial charge in [-0.25, -0.2) is 0 Å². The zero-order valence-electron chi connectivity index (χ0n) is 9.41. The zero-order chi connectivity index (χ0) is 10.8. The highest BCUT2D eigenvalue weighted by Gasteiger charge is 2.05. The molecule has 0 atom stereocenters. The van der Waals surface area contributed by atoms with E-state index in [9.17, 15) is 0 Å². The van der Waals surface area contributed by atoms with Crippen molar-refractivity contribution in [3.63, 3.8) is 0 Å². The average Bonchev–Trinajstić information content (AvgIpc) is 2.23. The first-order chi connectivity index (χ1) is 7.20. The summed E-state index contributed by atoms with van der Waals surface area (Å²) in [7, 11) is 0. The maximum Gasteiger partial charge on any atom is 0.0349 e. The van der Waals surface area contributed by atoms with Crippen LogP contribution >= 0.6 is 0 Å². The second-order valence-corrected chi connectivity index (χ2v) is 3.94. The molecule has 1 aromatic heterocycles. The summed E-state index contributed by atoms with van der Waals surface area (Å²) in [4.78, 5) is 4.19. The molecule has 0 unspecified atom stereocenters. The molecule has 0 N–H and O–H groups in total. The molecule has 0 fully saturated rings. The Balaban J connectivity index is 2.65. The highest BCUT2D eigenvalue weighted by molar-refractivity contribution is 5.70. The summed E-state index contributed by atoms with van der Waals surface area (Å²) in [6, 6.07) is 8.46. The lowest BCUT2D eigenvalue weighted by Crippen LogP contribution is -1.90. The van der Waals surface area contributed by atoms with E-state index in [2.05, 4.69) is 50.0 Å². The van der Waals surface area contributed by atoms with Crippen LogP contribution < -0.4 is 0 Å². The standard InChI is InChI=1S/C14H15N/c1-10-5-4-6-13(12(10)3)14-9-15-8-7-11(14)2/h4-9H,1-3H3. The Hall–Kier alpha value is -1.63. The van der Waals surface area contributed by atoms with Gasteiger partial charge in [-0.3, -0.25) is 4.98 Å². The molecule has 0 radical (unpaired) electrons. The summed E-state index contributed by atoms with van der Waals surface area (Å²) in [6.45, 7) is 6.43. The average molecular weight is 197 g/mol. The fraction of sp³-hybridized carbons (Fsp3) is 0.214. The number of aryl methyl sites for hydroxylation is 2. The van der Waals surface area contributed by atoms with E-state index in [-0.39, 0.29) is 0 Å². The van der Waals surface area contributed by atoms with Gasteiger partial charge in [0.1, 0.15) is 0 Å². The van der Waals surface area contributed by atoms with E-state index < -0.39 is 0 Å². The van der Waals surface area contributed by atoms with Crippen LogP contribution in [0, 0.1) is 20.8 Å². The molecule has 0 bridgehead atoms. The lowest BCUT2D eigenvalue weighted by Gasteiger charge is -2.10. The fourth-order valence-corrected chi connectivity index (χ4v) is 1.79. The third-order valence-corrected chi connectivity index (χ3v) is 2.93. The highest BCUT2D eigenvalue weighted by Crippen LogP contribution is 2.27. The van der Waals surface area contributed by atoms with Gasteiger partial charge in [-0.05, 0) is 49.1 Å². The summed E-state index contributed by atoms with van der Waals surface area (Å²) in [5, 5.41) is 0. The molecule has 76 valence electrons. The zero-order valence-corrected chi connectivity index (χ0v) is 9.41. The first kappa shape index (κ1) is 9.91. The molecule has 0 aliphatic heterocycles. The topological polar surface area (TPSA) is 12.9 Å². The third kappa shape index (κ3) is 1.78. The van der Waals surface area contributed by atoms with Crippen LogP contribution in [0.2, 0.25) is 0 Å². The Morgan fingerprint density at radius 1 is 0.867 bits per heavy atom. The van der Waals surface area contributed by atoms with Crippen LogP contribution in [0.25, 0.3) is 11.1 Å². The van der Waals surface area contributed by atoms with Crippen molar-refractivity contribution in [1.29, 1.82) is 0 Å². The molecule has 0 saturated heterocycles. The van der Waals surface area contributed by atoms with Gasteiger partial charge in [0.15, 0.2) is 0 Å². The molecule has 1 nitrogen and oxygen atoms in total. The summed E-state index contributed by atoms with van der Waals surface area (Å²) in [6.07, 6.45) is 3.78. The highest BCUT2D eigenvalue weighted by atomic mass is 14.6. The molecule has 2 rings (SSSR count). The lowest BCUT2D eigenvalue weighted by atomic mass is 9.96. The Morgan fingerprint density at radius 2 is 1.67 bits per heavy atom. The van der Waals surface area contributed by atoms with E-state index in [1.54, 1.807) is 0 Å². The van der Waals surface area contributed by atoms with Crippen molar-refractivity contribution in [2.24, 2.45) is 0 Å². The summed E-state index contributed by atoms with van der Waals surface area (Å²) < 4.78 is 0.